The van der Waals surface area contributed by atoms with Crippen molar-refractivity contribution in [3.8, 4) is 0 Å². The van der Waals surface area contributed by atoms with Crippen molar-refractivity contribution in [1.82, 2.24) is 10.6 Å². The molecule has 0 aromatic carbocycles. The highest BCUT2D eigenvalue weighted by Gasteiger charge is 2.63. The van der Waals surface area contributed by atoms with Crippen LogP contribution in [0.5, 0.6) is 0 Å². The first kappa shape index (κ1) is 17.2. The second-order valence-corrected chi connectivity index (χ2v) is 5.71. The molecule has 3 aliphatic rings. The van der Waals surface area contributed by atoms with Gasteiger partial charge in [0, 0.05) is 4.91 Å². The van der Waals surface area contributed by atoms with Crippen LogP contribution in [0.25, 0.3) is 10.4 Å². The van der Waals surface area contributed by atoms with E-state index in [2.05, 4.69) is 21.9 Å². The Hall–Kier alpha value is -2.17. The Balaban J connectivity index is 2.43. The molecule has 3 aliphatic heterocycles. The zero-order valence-corrected chi connectivity index (χ0v) is 12.3. The maximum absolute atomic E-state index is 12.4. The molecule has 0 aromatic heterocycles. The quantitative estimate of drug-likeness (QED) is 0.173. The summed E-state index contributed by atoms with van der Waals surface area (Å²) in [4.78, 5) is 27.0. The van der Waals surface area contributed by atoms with Gasteiger partial charge >= 0.3 is 0 Å². The zero-order chi connectivity index (χ0) is 17.5. The minimum Gasteiger partial charge on any atom is -0.387 e. The molecule has 3 saturated heterocycles. The summed E-state index contributed by atoms with van der Waals surface area (Å²) in [5.74, 6) is -2.12. The second kappa shape index (κ2) is 5.48. The normalized spacial score (nSPS) is 34.3. The first-order chi connectivity index (χ1) is 10.6. The third kappa shape index (κ3) is 2.54. The molecule has 0 unspecified atom stereocenters. The first-order valence-corrected chi connectivity index (χ1v) is 6.71. The van der Waals surface area contributed by atoms with Crippen LogP contribution in [0.3, 0.4) is 0 Å². The minimum atomic E-state index is -2.33. The summed E-state index contributed by atoms with van der Waals surface area (Å²) in [6, 6.07) is 0. The number of rotatable bonds is 4. The third-order valence-electron chi connectivity index (χ3n) is 3.93. The van der Waals surface area contributed by atoms with Crippen LogP contribution in [0, 0.1) is 0 Å². The number of hydrogen-bond donors (Lipinski definition) is 5. The van der Waals surface area contributed by atoms with E-state index in [1.807, 2.05) is 5.32 Å². The lowest BCUT2D eigenvalue weighted by atomic mass is 9.85. The lowest BCUT2D eigenvalue weighted by Gasteiger charge is -2.49. The molecule has 23 heavy (non-hydrogen) atoms. The van der Waals surface area contributed by atoms with Gasteiger partial charge in [0.2, 0.25) is 5.72 Å². The topological polar surface area (TPSA) is 177 Å². The van der Waals surface area contributed by atoms with E-state index < -0.39 is 41.5 Å². The number of amides is 2. The summed E-state index contributed by atoms with van der Waals surface area (Å²) in [6.07, 6.45) is -1.93. The molecule has 11 nitrogen and oxygen atoms in total. The Bertz CT molecular complexity index is 615. The van der Waals surface area contributed by atoms with Gasteiger partial charge in [0.25, 0.3) is 17.5 Å². The lowest BCUT2D eigenvalue weighted by Crippen LogP contribution is -2.82. The minimum absolute atomic E-state index is 0.0204. The van der Waals surface area contributed by atoms with Crippen molar-refractivity contribution >= 4 is 11.8 Å². The molecule has 4 atom stereocenters. The van der Waals surface area contributed by atoms with Gasteiger partial charge in [-0.3, -0.25) is 9.59 Å². The van der Waals surface area contributed by atoms with Crippen LogP contribution >= 0.6 is 0 Å². The van der Waals surface area contributed by atoms with Gasteiger partial charge in [-0.25, -0.2) is 0 Å². The fourth-order valence-electron chi connectivity index (χ4n) is 2.47. The van der Waals surface area contributed by atoms with Gasteiger partial charge < -0.3 is 30.7 Å². The molecule has 5 N–H and O–H groups in total. The number of aliphatic hydroxyl groups excluding tert-OH is 1. The van der Waals surface area contributed by atoms with E-state index in [0.29, 0.717) is 0 Å². The summed E-state index contributed by atoms with van der Waals surface area (Å²) < 4.78 is 5.32. The van der Waals surface area contributed by atoms with Gasteiger partial charge in [0.15, 0.2) is 0 Å². The Kier molecular flexibility index (Phi) is 4.09. The maximum atomic E-state index is 12.4. The van der Waals surface area contributed by atoms with E-state index in [4.69, 9.17) is 10.3 Å². The third-order valence-corrected chi connectivity index (χ3v) is 3.93. The van der Waals surface area contributed by atoms with Gasteiger partial charge in [-0.1, -0.05) is 11.7 Å². The SMILES string of the molecule is C=C1CCO[C@]2([C@@H](O)[C@@](C)(O)CN=[N+]=[N-])NC(=O)[C@@]1(O)NC2=O. The molecule has 2 amide bonds. The Morgan fingerprint density at radius 1 is 1.52 bits per heavy atom. The van der Waals surface area contributed by atoms with E-state index in [9.17, 15) is 24.9 Å². The van der Waals surface area contributed by atoms with Crippen LogP contribution in [0.2, 0.25) is 0 Å². The average molecular weight is 327 g/mol. The van der Waals surface area contributed by atoms with Crippen LogP contribution < -0.4 is 10.6 Å². The number of hydrogen-bond acceptors (Lipinski definition) is 7. The largest absolute Gasteiger partial charge is 0.387 e. The van der Waals surface area contributed by atoms with Crippen LogP contribution in [-0.4, -0.2) is 63.4 Å². The first-order valence-electron chi connectivity index (χ1n) is 6.71. The zero-order valence-electron chi connectivity index (χ0n) is 12.3. The van der Waals surface area contributed by atoms with Crippen LogP contribution in [0.1, 0.15) is 13.3 Å². The molecule has 0 spiro atoms. The van der Waals surface area contributed by atoms with Crippen molar-refractivity contribution in [3.05, 3.63) is 22.6 Å². The molecular formula is C12H17N5O6. The second-order valence-electron chi connectivity index (χ2n) is 5.71. The van der Waals surface area contributed by atoms with Crippen molar-refractivity contribution in [3.63, 3.8) is 0 Å². The number of aliphatic hydroxyl groups is 3. The fourth-order valence-corrected chi connectivity index (χ4v) is 2.47. The predicted octanol–water partition coefficient (Wildman–Crippen LogP) is -1.98. The smallest absolute Gasteiger partial charge is 0.280 e. The molecule has 3 heterocycles. The lowest BCUT2D eigenvalue weighted by molar-refractivity contribution is -0.224. The molecule has 3 fully saturated rings. The molecule has 126 valence electrons. The van der Waals surface area contributed by atoms with Crippen molar-refractivity contribution in [1.29, 1.82) is 0 Å². The molecule has 2 bridgehead atoms. The average Bonchev–Trinajstić information content (AvgIpc) is 2.48. The number of nitrogens with zero attached hydrogens (tertiary/aromatic N) is 3. The number of ether oxygens (including phenoxy) is 1. The summed E-state index contributed by atoms with van der Waals surface area (Å²) in [6.45, 7) is 3.92. The van der Waals surface area contributed by atoms with E-state index >= 15 is 0 Å². The van der Waals surface area contributed by atoms with Crippen molar-refractivity contribution < 1.29 is 29.6 Å². The number of piperazine rings is 1. The summed E-state index contributed by atoms with van der Waals surface area (Å²) in [7, 11) is 0. The van der Waals surface area contributed by atoms with Crippen molar-refractivity contribution in [2.45, 2.75) is 36.5 Å². The number of nitrogens with one attached hydrogen (secondary N) is 2. The Morgan fingerprint density at radius 2 is 2.17 bits per heavy atom. The van der Waals surface area contributed by atoms with Crippen LogP contribution in [-0.2, 0) is 14.3 Å². The highest BCUT2D eigenvalue weighted by Crippen LogP contribution is 2.33. The van der Waals surface area contributed by atoms with E-state index in [-0.39, 0.29) is 18.6 Å². The number of carbonyl (C=O) groups excluding carboxylic acids is 2. The Labute approximate surface area is 130 Å². The summed E-state index contributed by atoms with van der Waals surface area (Å²) in [5, 5.41) is 38.2. The van der Waals surface area contributed by atoms with Gasteiger partial charge in [0.1, 0.15) is 6.10 Å². The van der Waals surface area contributed by atoms with Crippen LogP contribution in [0.4, 0.5) is 0 Å². The van der Waals surface area contributed by atoms with Crippen molar-refractivity contribution in [2.24, 2.45) is 5.11 Å². The number of fused-ring (bicyclic) bond motifs is 5. The fraction of sp³-hybridized carbons (Fsp3) is 0.667. The van der Waals surface area contributed by atoms with E-state index in [0.717, 1.165) is 6.92 Å². The molecule has 11 heteroatoms. The summed E-state index contributed by atoms with van der Waals surface area (Å²) in [5.41, 5.74) is 1.62. The molecule has 0 radical (unpaired) electrons. The molecule has 0 saturated carbocycles. The van der Waals surface area contributed by atoms with Crippen LogP contribution in [0.15, 0.2) is 17.3 Å². The molecule has 0 aliphatic carbocycles. The Morgan fingerprint density at radius 3 is 2.78 bits per heavy atom. The highest BCUT2D eigenvalue weighted by molar-refractivity contribution is 6.02. The monoisotopic (exact) mass is 327 g/mol. The maximum Gasteiger partial charge on any atom is 0.280 e. The number of azide groups is 1. The van der Waals surface area contributed by atoms with E-state index in [1.165, 1.54) is 0 Å². The number of carbonyl (C=O) groups is 2. The standard InChI is InChI=1S/C12H17N5O6/c1-6-3-4-23-12(7(18)10(2,21)5-14-17-13)9(20)15-11(6,22)8(19)16-12/h7,18,21-22H,1,3-5H2,2H3,(H,15,20)(H,16,19)/t7-,10-,11+,12-/m0/s1. The van der Waals surface area contributed by atoms with Gasteiger partial charge in [-0.05, 0) is 24.4 Å². The molecule has 0 aromatic rings. The molecule has 3 rings (SSSR count). The predicted molar refractivity (Wildman–Crippen MR) is 74.3 cm³/mol. The highest BCUT2D eigenvalue weighted by atomic mass is 16.5. The van der Waals surface area contributed by atoms with Gasteiger partial charge in [0.05, 0.1) is 18.8 Å². The van der Waals surface area contributed by atoms with Gasteiger partial charge in [-0.2, -0.15) is 0 Å². The van der Waals surface area contributed by atoms with Gasteiger partial charge in [-0.15, -0.1) is 0 Å². The van der Waals surface area contributed by atoms with E-state index in [1.54, 1.807) is 0 Å². The van der Waals surface area contributed by atoms with Crippen molar-refractivity contribution in [2.75, 3.05) is 13.2 Å². The molecular weight excluding hydrogens is 310 g/mol. The summed E-state index contributed by atoms with van der Waals surface area (Å²) >= 11 is 0.